The molecule has 2 aliphatic rings. The number of piperazine rings is 1. The number of nitriles is 1. The highest BCUT2D eigenvalue weighted by Gasteiger charge is 2.29. The molecule has 0 N–H and O–H groups in total. The Hall–Kier alpha value is -3.44. The lowest BCUT2D eigenvalue weighted by Gasteiger charge is -2.41. The van der Waals surface area contributed by atoms with Crippen LogP contribution in [0.5, 0.6) is 0 Å². The van der Waals surface area contributed by atoms with E-state index in [1.54, 1.807) is 18.6 Å². The predicted octanol–water partition coefficient (Wildman–Crippen LogP) is 4.16. The Labute approximate surface area is 204 Å². The third kappa shape index (κ3) is 4.36. The van der Waals surface area contributed by atoms with Crippen molar-refractivity contribution < 1.29 is 0 Å². The van der Waals surface area contributed by atoms with Crippen molar-refractivity contribution in [1.29, 1.82) is 5.26 Å². The van der Waals surface area contributed by atoms with E-state index in [2.05, 4.69) is 44.6 Å². The molecule has 0 bridgehead atoms. The van der Waals surface area contributed by atoms with Gasteiger partial charge in [-0.3, -0.25) is 4.98 Å². The van der Waals surface area contributed by atoms with Crippen LogP contribution in [0.1, 0.15) is 32.3 Å². The van der Waals surface area contributed by atoms with E-state index in [9.17, 15) is 5.26 Å². The molecule has 8 nitrogen and oxygen atoms in total. The smallest absolute Gasteiger partial charge is 0.228 e. The van der Waals surface area contributed by atoms with Crippen LogP contribution in [-0.4, -0.2) is 58.2 Å². The number of rotatable bonds is 4. The molecule has 0 aliphatic carbocycles. The lowest BCUT2D eigenvalue weighted by atomic mass is 10.1. The first-order valence-corrected chi connectivity index (χ1v) is 12.0. The lowest BCUT2D eigenvalue weighted by Crippen LogP contribution is -2.52. The molecule has 0 spiro atoms. The average molecular weight is 475 g/mol. The Balaban J connectivity index is 1.49. The number of anilines is 3. The molecule has 2 atom stereocenters. The molecule has 2 aliphatic heterocycles. The minimum Gasteiger partial charge on any atom is -0.352 e. The number of pyridine rings is 2. The van der Waals surface area contributed by atoms with Crippen molar-refractivity contribution in [2.45, 2.75) is 38.8 Å². The quantitative estimate of drug-likeness (QED) is 0.557. The summed E-state index contributed by atoms with van der Waals surface area (Å²) in [5, 5.41) is 10.0. The standard InChI is InChI=1S/C25H27ClN8/c1-17-5-4-8-34(17)25-30-22(20-11-19(13-27)14-28-15-20)12-23(31-25)33-10-9-32(16-18(33)2)24-21(26)6-3-7-29-24/h3,6-7,11-12,14-15,17-18H,4-5,8-10,16H2,1-2H3/t17?,18-/m1/s1. The van der Waals surface area contributed by atoms with Crippen molar-refractivity contribution in [3.63, 3.8) is 0 Å². The maximum atomic E-state index is 9.34. The molecule has 0 saturated carbocycles. The van der Waals surface area contributed by atoms with Crippen molar-refractivity contribution in [3.8, 4) is 17.3 Å². The first kappa shape index (κ1) is 22.4. The molecule has 3 aromatic heterocycles. The fraction of sp³-hybridized carbons (Fsp3) is 0.400. The first-order valence-electron chi connectivity index (χ1n) is 11.7. The molecule has 3 aromatic rings. The molecule has 2 fully saturated rings. The zero-order valence-corrected chi connectivity index (χ0v) is 20.2. The van der Waals surface area contributed by atoms with Crippen molar-refractivity contribution in [1.82, 2.24) is 19.9 Å². The third-order valence-corrected chi connectivity index (χ3v) is 6.93. The SMILES string of the molecule is CC1CCCN1c1nc(-c2cncc(C#N)c2)cc(N2CCN(c3ncccc3Cl)C[C@H]2C)n1. The molecule has 9 heteroatoms. The second kappa shape index (κ2) is 9.43. The van der Waals surface area contributed by atoms with Gasteiger partial charge in [0, 0.05) is 68.5 Å². The maximum Gasteiger partial charge on any atom is 0.228 e. The van der Waals surface area contributed by atoms with E-state index in [0.29, 0.717) is 16.6 Å². The van der Waals surface area contributed by atoms with Gasteiger partial charge in [-0.05, 0) is 44.9 Å². The van der Waals surface area contributed by atoms with Crippen molar-refractivity contribution in [3.05, 3.63) is 53.4 Å². The Kier molecular flexibility index (Phi) is 6.20. The van der Waals surface area contributed by atoms with Gasteiger partial charge in [-0.15, -0.1) is 0 Å². The van der Waals surface area contributed by atoms with Gasteiger partial charge in [-0.25, -0.2) is 9.97 Å². The van der Waals surface area contributed by atoms with Gasteiger partial charge in [0.1, 0.15) is 17.7 Å². The molecule has 34 heavy (non-hydrogen) atoms. The van der Waals surface area contributed by atoms with Crippen molar-refractivity contribution in [2.75, 3.05) is 40.9 Å². The topological polar surface area (TPSA) is 85.1 Å². The minimum absolute atomic E-state index is 0.196. The summed E-state index contributed by atoms with van der Waals surface area (Å²) in [6.07, 6.45) is 7.37. The van der Waals surface area contributed by atoms with Gasteiger partial charge in [0.05, 0.1) is 16.3 Å². The predicted molar refractivity (Wildman–Crippen MR) is 134 cm³/mol. The lowest BCUT2D eigenvalue weighted by molar-refractivity contribution is 0.542. The van der Waals surface area contributed by atoms with E-state index in [1.165, 1.54) is 0 Å². The second-order valence-electron chi connectivity index (χ2n) is 8.97. The van der Waals surface area contributed by atoms with Gasteiger partial charge >= 0.3 is 0 Å². The Morgan fingerprint density at radius 2 is 1.94 bits per heavy atom. The fourth-order valence-corrected chi connectivity index (χ4v) is 5.06. The molecule has 0 amide bonds. The molecule has 0 radical (unpaired) electrons. The number of aromatic nitrogens is 4. The fourth-order valence-electron chi connectivity index (χ4n) is 4.82. The van der Waals surface area contributed by atoms with Gasteiger partial charge in [0.15, 0.2) is 0 Å². The van der Waals surface area contributed by atoms with E-state index in [1.807, 2.05) is 24.3 Å². The molecule has 2 saturated heterocycles. The summed E-state index contributed by atoms with van der Waals surface area (Å²) < 4.78 is 0. The summed E-state index contributed by atoms with van der Waals surface area (Å²) in [6.45, 7) is 7.73. The summed E-state index contributed by atoms with van der Waals surface area (Å²) in [5.74, 6) is 2.45. The average Bonchev–Trinajstić information content (AvgIpc) is 3.30. The molecule has 0 aromatic carbocycles. The van der Waals surface area contributed by atoms with Crippen molar-refractivity contribution >= 4 is 29.2 Å². The Bertz CT molecular complexity index is 1230. The van der Waals surface area contributed by atoms with Crippen LogP contribution >= 0.6 is 11.6 Å². The molecule has 1 unspecified atom stereocenters. The summed E-state index contributed by atoms with van der Waals surface area (Å²) in [4.78, 5) is 25.5. The summed E-state index contributed by atoms with van der Waals surface area (Å²) in [6, 6.07) is 10.3. The van der Waals surface area contributed by atoms with Crippen LogP contribution in [-0.2, 0) is 0 Å². The van der Waals surface area contributed by atoms with Crippen LogP contribution < -0.4 is 14.7 Å². The van der Waals surface area contributed by atoms with E-state index >= 15 is 0 Å². The van der Waals surface area contributed by atoms with Crippen LogP contribution in [0.4, 0.5) is 17.6 Å². The number of hydrogen-bond acceptors (Lipinski definition) is 8. The number of halogens is 1. The zero-order valence-electron chi connectivity index (χ0n) is 19.4. The van der Waals surface area contributed by atoms with Crippen LogP contribution in [0.25, 0.3) is 11.3 Å². The van der Waals surface area contributed by atoms with Gasteiger partial charge in [0.2, 0.25) is 5.95 Å². The zero-order chi connectivity index (χ0) is 23.7. The third-order valence-electron chi connectivity index (χ3n) is 6.63. The Morgan fingerprint density at radius 1 is 1.06 bits per heavy atom. The monoisotopic (exact) mass is 474 g/mol. The highest BCUT2D eigenvalue weighted by molar-refractivity contribution is 6.32. The highest BCUT2D eigenvalue weighted by atomic mass is 35.5. The number of hydrogen-bond donors (Lipinski definition) is 0. The minimum atomic E-state index is 0.196. The molecule has 5 rings (SSSR count). The molecular formula is C25H27ClN8. The molecule has 174 valence electrons. The largest absolute Gasteiger partial charge is 0.352 e. The van der Waals surface area contributed by atoms with Gasteiger partial charge in [-0.2, -0.15) is 10.2 Å². The summed E-state index contributed by atoms with van der Waals surface area (Å²) in [7, 11) is 0. The molecule has 5 heterocycles. The normalized spacial score (nSPS) is 20.5. The van der Waals surface area contributed by atoms with Crippen LogP contribution in [0, 0.1) is 11.3 Å². The van der Waals surface area contributed by atoms with Gasteiger partial charge in [-0.1, -0.05) is 11.6 Å². The number of nitrogens with zero attached hydrogens (tertiary/aromatic N) is 8. The summed E-state index contributed by atoms with van der Waals surface area (Å²) in [5.41, 5.74) is 2.12. The van der Waals surface area contributed by atoms with E-state index in [-0.39, 0.29) is 6.04 Å². The molecular weight excluding hydrogens is 448 g/mol. The van der Waals surface area contributed by atoms with E-state index in [4.69, 9.17) is 21.6 Å². The summed E-state index contributed by atoms with van der Waals surface area (Å²) >= 11 is 6.41. The van der Waals surface area contributed by atoms with Gasteiger partial charge in [0.25, 0.3) is 0 Å². The van der Waals surface area contributed by atoms with Crippen molar-refractivity contribution in [2.24, 2.45) is 0 Å². The highest BCUT2D eigenvalue weighted by Crippen LogP contribution is 2.31. The van der Waals surface area contributed by atoms with Crippen LogP contribution in [0.2, 0.25) is 5.02 Å². The first-order chi connectivity index (χ1) is 16.5. The van der Waals surface area contributed by atoms with E-state index in [0.717, 1.165) is 67.9 Å². The van der Waals surface area contributed by atoms with Gasteiger partial charge < -0.3 is 14.7 Å². The maximum absolute atomic E-state index is 9.34. The van der Waals surface area contributed by atoms with E-state index < -0.39 is 0 Å². The van der Waals surface area contributed by atoms with Crippen LogP contribution in [0.3, 0.4) is 0 Å². The van der Waals surface area contributed by atoms with Crippen LogP contribution in [0.15, 0.2) is 42.9 Å². The second-order valence-corrected chi connectivity index (χ2v) is 9.37. The Morgan fingerprint density at radius 3 is 2.68 bits per heavy atom.